The maximum Gasteiger partial charge on any atom is 0.421 e. The molecule has 1 aromatic heterocycles. The van der Waals surface area contributed by atoms with Crippen molar-refractivity contribution in [3.8, 4) is 6.07 Å². The Labute approximate surface area is 174 Å². The maximum atomic E-state index is 12.9. The summed E-state index contributed by atoms with van der Waals surface area (Å²) in [6.45, 7) is 4.65. The summed E-state index contributed by atoms with van der Waals surface area (Å²) in [4.78, 5) is 2.04. The number of piperazine rings is 1. The Hall–Kier alpha value is -1.93. The van der Waals surface area contributed by atoms with Gasteiger partial charge >= 0.3 is 6.18 Å². The summed E-state index contributed by atoms with van der Waals surface area (Å²) in [7, 11) is -1.17. The molecule has 5 nitrogen and oxygen atoms in total. The molecule has 29 heavy (non-hydrogen) atoms. The van der Waals surface area contributed by atoms with E-state index in [4.69, 9.17) is 5.26 Å². The van der Waals surface area contributed by atoms with Gasteiger partial charge in [-0.25, -0.2) is 8.51 Å². The van der Waals surface area contributed by atoms with Gasteiger partial charge in [-0.3, -0.25) is 0 Å². The Morgan fingerprint density at radius 2 is 1.69 bits per heavy atom. The SMILES string of the molecule is CC#N.CC(O)(c1ccc(N2CCN(S(=O)c3cccs3)CC2)cc1)C(F)(F)F. The molecule has 0 bridgehead atoms. The molecule has 1 aromatic carbocycles. The minimum atomic E-state index is -4.73. The van der Waals surface area contributed by atoms with Crippen molar-refractivity contribution >= 4 is 28.0 Å². The van der Waals surface area contributed by atoms with E-state index < -0.39 is 22.8 Å². The summed E-state index contributed by atoms with van der Waals surface area (Å²) < 4.78 is 53.9. The molecule has 2 heterocycles. The van der Waals surface area contributed by atoms with Crippen molar-refractivity contribution in [2.24, 2.45) is 0 Å². The minimum absolute atomic E-state index is 0.189. The molecule has 0 radical (unpaired) electrons. The lowest BCUT2D eigenvalue weighted by atomic mass is 9.95. The van der Waals surface area contributed by atoms with Crippen LogP contribution in [0, 0.1) is 11.3 Å². The number of hydrogen-bond acceptors (Lipinski definition) is 5. The highest BCUT2D eigenvalue weighted by Crippen LogP contribution is 2.38. The van der Waals surface area contributed by atoms with Crippen molar-refractivity contribution in [2.75, 3.05) is 31.1 Å². The standard InChI is InChI=1S/C17H19F3N2O2S2.C2H3N/c1-16(23,17(18,19)20)13-4-6-14(7-5-13)21-8-10-22(11-9-21)26(24)15-3-2-12-25-15;1-2-3/h2-7,12,23H,8-11H2,1H3;1H3. The van der Waals surface area contributed by atoms with Gasteiger partial charge in [-0.15, -0.1) is 11.3 Å². The first-order chi connectivity index (χ1) is 13.6. The van der Waals surface area contributed by atoms with Crippen molar-refractivity contribution in [3.63, 3.8) is 0 Å². The number of aliphatic hydroxyl groups is 1. The number of nitrogens with zero attached hydrogens (tertiary/aromatic N) is 3. The second-order valence-electron chi connectivity index (χ2n) is 6.44. The van der Waals surface area contributed by atoms with Gasteiger partial charge in [0.05, 0.1) is 6.07 Å². The molecule has 158 valence electrons. The number of rotatable bonds is 4. The topological polar surface area (TPSA) is 67.6 Å². The molecule has 2 atom stereocenters. The normalized spacial score (nSPS) is 18.2. The van der Waals surface area contributed by atoms with Crippen LogP contribution in [0.15, 0.2) is 46.0 Å². The third kappa shape index (κ3) is 5.57. The average Bonchev–Trinajstić information content (AvgIpc) is 3.22. The first-order valence-corrected chi connectivity index (χ1v) is 10.8. The maximum absolute atomic E-state index is 12.9. The molecule has 10 heteroatoms. The van der Waals surface area contributed by atoms with Gasteiger partial charge in [-0.1, -0.05) is 18.2 Å². The summed E-state index contributed by atoms with van der Waals surface area (Å²) in [5, 5.41) is 18.9. The number of alkyl halides is 3. The Kier molecular flexibility index (Phi) is 7.82. The molecule has 1 saturated heterocycles. The molecule has 1 aliphatic rings. The zero-order valence-electron chi connectivity index (χ0n) is 16.0. The molecule has 0 amide bonds. The van der Waals surface area contributed by atoms with Crippen LogP contribution in [0.25, 0.3) is 0 Å². The minimum Gasteiger partial charge on any atom is -0.376 e. The van der Waals surface area contributed by atoms with E-state index in [1.54, 1.807) is 18.2 Å². The third-order valence-electron chi connectivity index (χ3n) is 4.49. The number of halogens is 3. The van der Waals surface area contributed by atoms with Crippen LogP contribution in [0.2, 0.25) is 0 Å². The van der Waals surface area contributed by atoms with E-state index in [1.165, 1.54) is 30.4 Å². The number of hydrogen-bond donors (Lipinski definition) is 1. The number of thiophene rings is 1. The van der Waals surface area contributed by atoms with E-state index in [0.717, 1.165) is 16.8 Å². The van der Waals surface area contributed by atoms with Crippen LogP contribution in [-0.4, -0.2) is 46.0 Å². The van der Waals surface area contributed by atoms with Crippen molar-refractivity contribution in [1.82, 2.24) is 4.31 Å². The van der Waals surface area contributed by atoms with Crippen LogP contribution in [0.5, 0.6) is 0 Å². The number of anilines is 1. The van der Waals surface area contributed by atoms with E-state index in [-0.39, 0.29) is 5.56 Å². The molecule has 3 rings (SSSR count). The van der Waals surface area contributed by atoms with Gasteiger partial charge in [0.2, 0.25) is 0 Å². The summed E-state index contributed by atoms with van der Waals surface area (Å²) in [6.07, 6.45) is -4.73. The highest BCUT2D eigenvalue weighted by atomic mass is 32.2. The number of nitriles is 1. The van der Waals surface area contributed by atoms with E-state index in [9.17, 15) is 22.5 Å². The highest BCUT2D eigenvalue weighted by molar-refractivity contribution is 7.85. The van der Waals surface area contributed by atoms with Gasteiger partial charge in [0.15, 0.2) is 5.60 Å². The molecule has 0 saturated carbocycles. The van der Waals surface area contributed by atoms with Crippen LogP contribution >= 0.6 is 11.3 Å². The average molecular weight is 446 g/mol. The molecule has 1 fully saturated rings. The quantitative estimate of drug-likeness (QED) is 0.775. The zero-order chi connectivity index (χ0) is 21.7. The first kappa shape index (κ1) is 23.3. The van der Waals surface area contributed by atoms with Gasteiger partial charge < -0.3 is 10.0 Å². The van der Waals surface area contributed by atoms with Gasteiger partial charge in [0.1, 0.15) is 15.2 Å². The van der Waals surface area contributed by atoms with E-state index in [2.05, 4.69) is 0 Å². The predicted molar refractivity (Wildman–Crippen MR) is 108 cm³/mol. The Morgan fingerprint density at radius 3 is 2.14 bits per heavy atom. The largest absolute Gasteiger partial charge is 0.421 e. The monoisotopic (exact) mass is 445 g/mol. The van der Waals surface area contributed by atoms with Crippen LogP contribution < -0.4 is 4.90 Å². The molecule has 1 N–H and O–H groups in total. The molecule has 1 aliphatic heterocycles. The van der Waals surface area contributed by atoms with Gasteiger partial charge in [-0.05, 0) is 36.1 Å². The van der Waals surface area contributed by atoms with Gasteiger partial charge in [0.25, 0.3) is 0 Å². The zero-order valence-corrected chi connectivity index (χ0v) is 17.7. The van der Waals surface area contributed by atoms with Crippen molar-refractivity contribution in [1.29, 1.82) is 5.26 Å². The Bertz CT molecular complexity index is 839. The Balaban J connectivity index is 0.000000941. The van der Waals surface area contributed by atoms with Crippen LogP contribution in [0.4, 0.5) is 18.9 Å². The molecule has 2 aromatic rings. The fourth-order valence-electron chi connectivity index (χ4n) is 2.76. The van der Waals surface area contributed by atoms with Crippen molar-refractivity contribution in [3.05, 3.63) is 47.3 Å². The number of benzene rings is 1. The summed E-state index contributed by atoms with van der Waals surface area (Å²) in [5.41, 5.74) is -2.28. The summed E-state index contributed by atoms with van der Waals surface area (Å²) in [6, 6.07) is 11.2. The summed E-state index contributed by atoms with van der Waals surface area (Å²) in [5.74, 6) is 0. The lowest BCUT2D eigenvalue weighted by molar-refractivity contribution is -0.258. The van der Waals surface area contributed by atoms with Crippen LogP contribution in [0.3, 0.4) is 0 Å². The molecule has 0 aliphatic carbocycles. The Morgan fingerprint density at radius 1 is 1.14 bits per heavy atom. The van der Waals surface area contributed by atoms with Crippen molar-refractivity contribution < 1.29 is 22.5 Å². The second-order valence-corrected chi connectivity index (χ2v) is 9.10. The summed E-state index contributed by atoms with van der Waals surface area (Å²) >= 11 is 1.46. The lowest BCUT2D eigenvalue weighted by Gasteiger charge is -2.35. The van der Waals surface area contributed by atoms with E-state index in [0.29, 0.717) is 26.2 Å². The van der Waals surface area contributed by atoms with E-state index >= 15 is 0 Å². The molecule has 0 spiro atoms. The highest BCUT2D eigenvalue weighted by Gasteiger charge is 2.51. The van der Waals surface area contributed by atoms with Gasteiger partial charge in [-0.2, -0.15) is 18.4 Å². The first-order valence-electron chi connectivity index (χ1n) is 8.77. The van der Waals surface area contributed by atoms with Crippen molar-refractivity contribution in [2.45, 2.75) is 29.8 Å². The van der Waals surface area contributed by atoms with Crippen LogP contribution in [-0.2, 0) is 16.6 Å². The molecule has 2 unspecified atom stereocenters. The molecular formula is C19H22F3N3O2S2. The fraction of sp³-hybridized carbons (Fsp3) is 0.421. The lowest BCUT2D eigenvalue weighted by Crippen LogP contribution is -2.46. The fourth-order valence-corrected chi connectivity index (χ4v) is 4.97. The third-order valence-corrected chi connectivity index (χ3v) is 7.18. The predicted octanol–water partition coefficient (Wildman–Crippen LogP) is 3.89. The smallest absolute Gasteiger partial charge is 0.376 e. The van der Waals surface area contributed by atoms with Gasteiger partial charge in [0, 0.05) is 38.8 Å². The van der Waals surface area contributed by atoms with Crippen LogP contribution in [0.1, 0.15) is 19.4 Å². The van der Waals surface area contributed by atoms with E-state index in [1.807, 2.05) is 26.7 Å². The second kappa shape index (κ2) is 9.71. The molecular weight excluding hydrogens is 423 g/mol.